The molecule has 0 bridgehead atoms. The lowest BCUT2D eigenvalue weighted by Crippen LogP contribution is -2.34. The molecule has 3 nitrogen and oxygen atoms in total. The first-order chi connectivity index (χ1) is 11.0. The van der Waals surface area contributed by atoms with E-state index in [1.807, 2.05) is 36.4 Å². The molecule has 3 rings (SSSR count). The Hall–Kier alpha value is -1.69. The Balaban J connectivity index is 1.83. The minimum absolute atomic E-state index is 0.0143. The second-order valence-electron chi connectivity index (χ2n) is 5.28. The molecule has 0 spiro atoms. The Kier molecular flexibility index (Phi) is 4.53. The highest BCUT2D eigenvalue weighted by molar-refractivity contribution is 7.89. The van der Waals surface area contributed by atoms with Crippen molar-refractivity contribution >= 4 is 27.2 Å². The Bertz CT molecular complexity index is 850. The summed E-state index contributed by atoms with van der Waals surface area (Å²) in [6.45, 7) is 0.680. The van der Waals surface area contributed by atoms with Crippen LogP contribution in [0.15, 0.2) is 59.5 Å². The van der Waals surface area contributed by atoms with Crippen molar-refractivity contribution in [2.45, 2.75) is 11.3 Å². The van der Waals surface area contributed by atoms with Gasteiger partial charge in [0.1, 0.15) is 5.82 Å². The van der Waals surface area contributed by atoms with Gasteiger partial charge in [-0.25, -0.2) is 12.8 Å². The molecule has 0 saturated carbocycles. The summed E-state index contributed by atoms with van der Waals surface area (Å²) in [6.07, 6.45) is 2.56. The van der Waals surface area contributed by atoms with Crippen molar-refractivity contribution in [2.24, 2.45) is 0 Å². The van der Waals surface area contributed by atoms with Gasteiger partial charge < -0.3 is 0 Å². The molecule has 0 aliphatic carbocycles. The van der Waals surface area contributed by atoms with Gasteiger partial charge in [-0.2, -0.15) is 4.31 Å². The smallest absolute Gasteiger partial charge is 0.207 e. The third-order valence-corrected chi connectivity index (χ3v) is 6.00. The molecule has 0 atom stereocenters. The van der Waals surface area contributed by atoms with Gasteiger partial charge in [-0.15, -0.1) is 0 Å². The van der Waals surface area contributed by atoms with Crippen molar-refractivity contribution in [1.82, 2.24) is 4.31 Å². The van der Waals surface area contributed by atoms with Crippen LogP contribution in [0.25, 0.3) is 5.57 Å². The van der Waals surface area contributed by atoms with Gasteiger partial charge in [0.15, 0.2) is 0 Å². The normalized spacial score (nSPS) is 16.2. The van der Waals surface area contributed by atoms with Gasteiger partial charge in [0, 0.05) is 13.1 Å². The number of hydrogen-bond acceptors (Lipinski definition) is 2. The summed E-state index contributed by atoms with van der Waals surface area (Å²) < 4.78 is 39.8. The van der Waals surface area contributed by atoms with E-state index in [1.54, 1.807) is 0 Å². The zero-order chi connectivity index (χ0) is 16.4. The van der Waals surface area contributed by atoms with Gasteiger partial charge in [-0.05, 0) is 35.8 Å². The van der Waals surface area contributed by atoms with Crippen LogP contribution in [0.1, 0.15) is 12.0 Å². The predicted molar refractivity (Wildman–Crippen MR) is 89.2 cm³/mol. The number of halogens is 2. The molecule has 0 aromatic heterocycles. The lowest BCUT2D eigenvalue weighted by Gasteiger charge is -2.26. The van der Waals surface area contributed by atoms with E-state index in [-0.39, 0.29) is 9.92 Å². The van der Waals surface area contributed by atoms with Crippen molar-refractivity contribution in [3.8, 4) is 0 Å². The quantitative estimate of drug-likeness (QED) is 0.839. The number of benzene rings is 2. The molecule has 1 heterocycles. The minimum Gasteiger partial charge on any atom is -0.207 e. The molecule has 2 aromatic rings. The Morgan fingerprint density at radius 2 is 1.83 bits per heavy atom. The molecule has 0 radical (unpaired) electrons. The molecular weight excluding hydrogens is 337 g/mol. The van der Waals surface area contributed by atoms with Gasteiger partial charge in [0.2, 0.25) is 10.0 Å². The minimum atomic E-state index is -3.67. The average molecular weight is 352 g/mol. The zero-order valence-corrected chi connectivity index (χ0v) is 13.8. The van der Waals surface area contributed by atoms with Crippen molar-refractivity contribution in [3.63, 3.8) is 0 Å². The van der Waals surface area contributed by atoms with Crippen LogP contribution < -0.4 is 0 Å². The van der Waals surface area contributed by atoms with Crippen LogP contribution in [0, 0.1) is 5.82 Å². The van der Waals surface area contributed by atoms with Crippen LogP contribution >= 0.6 is 11.6 Å². The number of hydrogen-bond donors (Lipinski definition) is 0. The highest BCUT2D eigenvalue weighted by Gasteiger charge is 2.26. The highest BCUT2D eigenvalue weighted by atomic mass is 35.5. The van der Waals surface area contributed by atoms with Crippen LogP contribution in [0.2, 0.25) is 5.02 Å². The molecule has 1 aliphatic heterocycles. The summed E-state index contributed by atoms with van der Waals surface area (Å²) in [7, 11) is -3.67. The fourth-order valence-electron chi connectivity index (χ4n) is 2.57. The summed E-state index contributed by atoms with van der Waals surface area (Å²) in [4.78, 5) is 0.0143. The summed E-state index contributed by atoms with van der Waals surface area (Å²) in [5, 5.41) is -0.191. The van der Waals surface area contributed by atoms with Crippen LogP contribution in [0.4, 0.5) is 4.39 Å². The summed E-state index contributed by atoms with van der Waals surface area (Å²) in [5.41, 5.74) is 2.24. The molecule has 0 fully saturated rings. The average Bonchev–Trinajstić information content (AvgIpc) is 2.58. The van der Waals surface area contributed by atoms with Gasteiger partial charge in [-0.3, -0.25) is 0 Å². The highest BCUT2D eigenvalue weighted by Crippen LogP contribution is 2.27. The van der Waals surface area contributed by atoms with E-state index < -0.39 is 15.8 Å². The molecule has 0 amide bonds. The van der Waals surface area contributed by atoms with Gasteiger partial charge >= 0.3 is 0 Å². The molecule has 6 heteroatoms. The van der Waals surface area contributed by atoms with E-state index in [2.05, 4.69) is 0 Å². The molecule has 2 aromatic carbocycles. The van der Waals surface area contributed by atoms with Crippen molar-refractivity contribution in [3.05, 3.63) is 71.0 Å². The number of nitrogens with zero attached hydrogens (tertiary/aromatic N) is 1. The lowest BCUT2D eigenvalue weighted by atomic mass is 10.0. The Labute approximate surface area is 140 Å². The van der Waals surface area contributed by atoms with E-state index >= 15 is 0 Å². The summed E-state index contributed by atoms with van der Waals surface area (Å²) >= 11 is 5.69. The van der Waals surface area contributed by atoms with E-state index in [4.69, 9.17) is 11.6 Å². The number of sulfonamides is 1. The maximum Gasteiger partial charge on any atom is 0.243 e. The maximum absolute atomic E-state index is 13.2. The summed E-state index contributed by atoms with van der Waals surface area (Å²) in [5.74, 6) is -0.629. The molecular formula is C17H15ClFNO2S. The van der Waals surface area contributed by atoms with Crippen LogP contribution in [-0.2, 0) is 10.0 Å². The first kappa shape index (κ1) is 16.2. The van der Waals surface area contributed by atoms with E-state index in [9.17, 15) is 12.8 Å². The molecule has 120 valence electrons. The standard InChI is InChI=1S/C17H15ClFNO2S/c18-16-12-15(6-7-17(16)19)23(21,22)20-10-8-14(9-11-20)13-4-2-1-3-5-13/h1-8,12H,9-11H2. The van der Waals surface area contributed by atoms with Crippen molar-refractivity contribution in [2.75, 3.05) is 13.1 Å². The third-order valence-electron chi connectivity index (χ3n) is 3.85. The molecule has 23 heavy (non-hydrogen) atoms. The SMILES string of the molecule is O=S(=O)(c1ccc(F)c(Cl)c1)N1CC=C(c2ccccc2)CC1. The second-order valence-corrected chi connectivity index (χ2v) is 7.63. The van der Waals surface area contributed by atoms with Gasteiger partial charge in [-0.1, -0.05) is 48.0 Å². The molecule has 1 aliphatic rings. The topological polar surface area (TPSA) is 37.4 Å². The summed E-state index contributed by atoms with van der Waals surface area (Å²) in [6, 6.07) is 13.4. The van der Waals surface area contributed by atoms with E-state index in [0.29, 0.717) is 19.5 Å². The predicted octanol–water partition coefficient (Wildman–Crippen LogP) is 3.96. The second kappa shape index (κ2) is 6.43. The number of rotatable bonds is 3. The van der Waals surface area contributed by atoms with Crippen molar-refractivity contribution < 1.29 is 12.8 Å². The first-order valence-electron chi connectivity index (χ1n) is 7.18. The molecule has 0 unspecified atom stereocenters. The monoisotopic (exact) mass is 351 g/mol. The van der Waals surface area contributed by atoms with Gasteiger partial charge in [0.25, 0.3) is 0 Å². The van der Waals surface area contributed by atoms with E-state index in [1.165, 1.54) is 10.4 Å². The maximum atomic E-state index is 13.2. The first-order valence-corrected chi connectivity index (χ1v) is 9.00. The third kappa shape index (κ3) is 3.32. The molecule has 0 saturated heterocycles. The van der Waals surface area contributed by atoms with Crippen LogP contribution in [0.5, 0.6) is 0 Å². The van der Waals surface area contributed by atoms with Gasteiger partial charge in [0.05, 0.1) is 9.92 Å². The van der Waals surface area contributed by atoms with Crippen molar-refractivity contribution in [1.29, 1.82) is 0 Å². The fourth-order valence-corrected chi connectivity index (χ4v) is 4.22. The van der Waals surface area contributed by atoms with E-state index in [0.717, 1.165) is 23.3 Å². The van der Waals surface area contributed by atoms with Crippen LogP contribution in [0.3, 0.4) is 0 Å². The fraction of sp³-hybridized carbons (Fsp3) is 0.176. The molecule has 0 N–H and O–H groups in total. The lowest BCUT2D eigenvalue weighted by molar-refractivity contribution is 0.441. The Morgan fingerprint density at radius 1 is 1.09 bits per heavy atom. The van der Waals surface area contributed by atoms with Crippen LogP contribution in [-0.4, -0.2) is 25.8 Å². The zero-order valence-electron chi connectivity index (χ0n) is 12.2. The largest absolute Gasteiger partial charge is 0.243 e. The Morgan fingerprint density at radius 3 is 2.43 bits per heavy atom.